The first-order valence-electron chi connectivity index (χ1n) is 13.3. The van der Waals surface area contributed by atoms with Gasteiger partial charge >= 0.3 is 5.97 Å². The Bertz CT molecular complexity index is 1300. The summed E-state index contributed by atoms with van der Waals surface area (Å²) >= 11 is 0. The number of hydrogen-bond acceptors (Lipinski definition) is 7. The lowest BCUT2D eigenvalue weighted by Gasteiger charge is -2.11. The molecule has 0 aliphatic carbocycles. The Kier molecular flexibility index (Phi) is 10.7. The van der Waals surface area contributed by atoms with E-state index in [9.17, 15) is 19.2 Å². The molecule has 4 N–H and O–H groups in total. The van der Waals surface area contributed by atoms with Crippen LogP contribution in [-0.4, -0.2) is 49.6 Å². The number of nitrogens with one attached hydrogen (secondary N) is 1. The number of anilines is 1. The lowest BCUT2D eigenvalue weighted by Crippen LogP contribution is -2.29. The van der Waals surface area contributed by atoms with Gasteiger partial charge in [-0.05, 0) is 25.3 Å². The first-order chi connectivity index (χ1) is 18.3. The predicted octanol–water partition coefficient (Wildman–Crippen LogP) is 3.97. The number of aryl methyl sites for hydroxylation is 2. The zero-order valence-corrected chi connectivity index (χ0v) is 22.0. The third-order valence-electron chi connectivity index (χ3n) is 6.51. The quantitative estimate of drug-likeness (QED) is 0.224. The van der Waals surface area contributed by atoms with E-state index in [4.69, 9.17) is 15.8 Å². The molecule has 0 bridgehead atoms. The number of aromatic nitrogens is 3. The van der Waals surface area contributed by atoms with E-state index < -0.39 is 5.97 Å². The third-order valence-corrected chi connectivity index (χ3v) is 6.51. The van der Waals surface area contributed by atoms with Crippen molar-refractivity contribution in [3.8, 4) is 0 Å². The maximum Gasteiger partial charge on any atom is 0.303 e. The first kappa shape index (κ1) is 28.7. The van der Waals surface area contributed by atoms with Crippen LogP contribution in [-0.2, 0) is 32.1 Å². The maximum atomic E-state index is 12.2. The standard InChI is InChI=1S/C28H37N5O5/c1-2-3-12-23-32-26-27(21-10-6-7-11-22(21)31-28(26)29)33(23)17-8-4-5-9-19(34)13-15-24(36)30-18-20(35)14-16-25(37)38/h6-7,10-11H,2-5,8-9,12-18H2,1H3,(H2,29,31)(H,30,36)(H,37,38). The highest BCUT2D eigenvalue weighted by molar-refractivity contribution is 6.06. The molecule has 3 rings (SSSR count). The van der Waals surface area contributed by atoms with Gasteiger partial charge < -0.3 is 20.7 Å². The number of carboxylic acids is 1. The normalized spacial score (nSPS) is 11.2. The number of pyridine rings is 1. The number of nitrogens with zero attached hydrogens (tertiary/aromatic N) is 3. The van der Waals surface area contributed by atoms with E-state index in [0.717, 1.165) is 72.8 Å². The summed E-state index contributed by atoms with van der Waals surface area (Å²) in [7, 11) is 0. The zero-order valence-electron chi connectivity index (χ0n) is 22.0. The number of imidazole rings is 1. The molecule has 0 atom stereocenters. The Morgan fingerprint density at radius 2 is 1.68 bits per heavy atom. The third kappa shape index (κ3) is 8.09. The number of Topliss-reactive ketones (excluding diaryl/α,β-unsaturated/α-hetero) is 2. The number of rotatable bonds is 17. The molecule has 0 saturated carbocycles. The highest BCUT2D eigenvalue weighted by Crippen LogP contribution is 2.29. The van der Waals surface area contributed by atoms with Crippen molar-refractivity contribution >= 4 is 51.2 Å². The summed E-state index contributed by atoms with van der Waals surface area (Å²) in [6.45, 7) is 2.72. The van der Waals surface area contributed by atoms with Crippen LogP contribution in [0.3, 0.4) is 0 Å². The van der Waals surface area contributed by atoms with Gasteiger partial charge in [0.2, 0.25) is 5.91 Å². The van der Waals surface area contributed by atoms with E-state index in [1.165, 1.54) is 0 Å². The molecule has 10 nitrogen and oxygen atoms in total. The number of carboxylic acid groups (broad SMARTS) is 1. The summed E-state index contributed by atoms with van der Waals surface area (Å²) in [5.41, 5.74) is 8.87. The summed E-state index contributed by atoms with van der Waals surface area (Å²) in [6, 6.07) is 7.94. The van der Waals surface area contributed by atoms with Crippen LogP contribution in [0.25, 0.3) is 21.9 Å². The smallest absolute Gasteiger partial charge is 0.303 e. The van der Waals surface area contributed by atoms with E-state index in [1.807, 2.05) is 24.3 Å². The van der Waals surface area contributed by atoms with Crippen LogP contribution in [0.15, 0.2) is 24.3 Å². The van der Waals surface area contributed by atoms with E-state index >= 15 is 0 Å². The summed E-state index contributed by atoms with van der Waals surface area (Å²) in [4.78, 5) is 55.5. The minimum Gasteiger partial charge on any atom is -0.481 e. The zero-order chi connectivity index (χ0) is 27.5. The van der Waals surface area contributed by atoms with Gasteiger partial charge in [-0.1, -0.05) is 38.0 Å². The number of amides is 1. The number of fused-ring (bicyclic) bond motifs is 3. The fourth-order valence-corrected chi connectivity index (χ4v) is 4.44. The topological polar surface area (TPSA) is 157 Å². The van der Waals surface area contributed by atoms with E-state index in [-0.39, 0.29) is 49.7 Å². The van der Waals surface area contributed by atoms with Crippen molar-refractivity contribution in [2.45, 2.75) is 84.1 Å². The molecule has 1 aromatic carbocycles. The van der Waals surface area contributed by atoms with Crippen molar-refractivity contribution in [2.75, 3.05) is 12.3 Å². The summed E-state index contributed by atoms with van der Waals surface area (Å²) < 4.78 is 2.26. The van der Waals surface area contributed by atoms with Gasteiger partial charge in [0.25, 0.3) is 0 Å². The molecule has 204 valence electrons. The molecule has 38 heavy (non-hydrogen) atoms. The number of ketones is 2. The number of nitrogens with two attached hydrogens (primary N) is 1. The average molecular weight is 524 g/mol. The summed E-state index contributed by atoms with van der Waals surface area (Å²) in [5, 5.41) is 12.1. The molecule has 2 aromatic heterocycles. The first-order valence-corrected chi connectivity index (χ1v) is 13.3. The Hall–Kier alpha value is -3.82. The number of carbonyl (C=O) groups is 4. The van der Waals surface area contributed by atoms with Gasteiger partial charge in [-0.3, -0.25) is 19.2 Å². The SMILES string of the molecule is CCCCc1nc2c(N)nc3ccccc3c2n1CCCCCC(=O)CCC(=O)NCC(=O)CCC(=O)O. The molecule has 3 aromatic rings. The lowest BCUT2D eigenvalue weighted by molar-refractivity contribution is -0.138. The predicted molar refractivity (Wildman–Crippen MR) is 146 cm³/mol. The van der Waals surface area contributed by atoms with Crippen molar-refractivity contribution in [1.29, 1.82) is 0 Å². The number of benzene rings is 1. The minimum atomic E-state index is -1.05. The van der Waals surface area contributed by atoms with Crippen molar-refractivity contribution in [1.82, 2.24) is 19.9 Å². The molecular formula is C28H37N5O5. The van der Waals surface area contributed by atoms with Crippen molar-refractivity contribution in [3.05, 3.63) is 30.1 Å². The fraction of sp³-hybridized carbons (Fsp3) is 0.500. The monoisotopic (exact) mass is 523 g/mol. The number of aliphatic carboxylic acids is 1. The van der Waals surface area contributed by atoms with Crippen LogP contribution in [0.1, 0.15) is 77.0 Å². The van der Waals surface area contributed by atoms with Gasteiger partial charge in [-0.25, -0.2) is 9.97 Å². The van der Waals surface area contributed by atoms with E-state index in [0.29, 0.717) is 12.2 Å². The Morgan fingerprint density at radius 1 is 0.921 bits per heavy atom. The highest BCUT2D eigenvalue weighted by atomic mass is 16.4. The Labute approximate surface area is 222 Å². The highest BCUT2D eigenvalue weighted by Gasteiger charge is 2.17. The van der Waals surface area contributed by atoms with Crippen molar-refractivity contribution in [3.63, 3.8) is 0 Å². The second kappa shape index (κ2) is 14.2. The summed E-state index contributed by atoms with van der Waals surface area (Å²) in [5.74, 6) is -0.318. The number of nitrogen functional groups attached to an aromatic ring is 1. The number of carbonyl (C=O) groups excluding carboxylic acids is 3. The van der Waals surface area contributed by atoms with E-state index in [1.54, 1.807) is 0 Å². The number of para-hydroxylation sites is 1. The van der Waals surface area contributed by atoms with Crippen LogP contribution in [0, 0.1) is 0 Å². The van der Waals surface area contributed by atoms with Gasteiger partial charge in [-0.2, -0.15) is 0 Å². The number of unbranched alkanes of at least 4 members (excludes halogenated alkanes) is 3. The van der Waals surface area contributed by atoms with Crippen LogP contribution >= 0.6 is 0 Å². The van der Waals surface area contributed by atoms with Gasteiger partial charge in [0.05, 0.1) is 24.0 Å². The number of hydrogen-bond donors (Lipinski definition) is 3. The maximum absolute atomic E-state index is 12.2. The molecule has 0 aliphatic heterocycles. The molecule has 0 aliphatic rings. The van der Waals surface area contributed by atoms with Crippen LogP contribution in [0.5, 0.6) is 0 Å². The van der Waals surface area contributed by atoms with Crippen LogP contribution in [0.2, 0.25) is 0 Å². The molecule has 10 heteroatoms. The fourth-order valence-electron chi connectivity index (χ4n) is 4.44. The van der Waals surface area contributed by atoms with Crippen molar-refractivity contribution < 1.29 is 24.3 Å². The van der Waals surface area contributed by atoms with Crippen LogP contribution < -0.4 is 11.1 Å². The molecule has 0 radical (unpaired) electrons. The summed E-state index contributed by atoms with van der Waals surface area (Å²) in [6.07, 6.45) is 5.62. The van der Waals surface area contributed by atoms with E-state index in [2.05, 4.69) is 21.8 Å². The molecule has 0 unspecified atom stereocenters. The average Bonchev–Trinajstić information content (AvgIpc) is 3.27. The Morgan fingerprint density at radius 3 is 2.45 bits per heavy atom. The minimum absolute atomic E-state index is 0.0129. The van der Waals surface area contributed by atoms with Crippen molar-refractivity contribution in [2.24, 2.45) is 0 Å². The second-order valence-corrected chi connectivity index (χ2v) is 9.55. The molecule has 2 heterocycles. The molecule has 0 fully saturated rings. The van der Waals surface area contributed by atoms with Gasteiger partial charge in [0.15, 0.2) is 11.6 Å². The van der Waals surface area contributed by atoms with Gasteiger partial charge in [0.1, 0.15) is 17.1 Å². The molecule has 0 spiro atoms. The van der Waals surface area contributed by atoms with Crippen LogP contribution in [0.4, 0.5) is 5.82 Å². The van der Waals surface area contributed by atoms with Gasteiger partial charge in [0, 0.05) is 44.0 Å². The lowest BCUT2D eigenvalue weighted by atomic mass is 10.1. The second-order valence-electron chi connectivity index (χ2n) is 9.55. The van der Waals surface area contributed by atoms with Gasteiger partial charge in [-0.15, -0.1) is 0 Å². The molecule has 1 amide bonds. The Balaban J connectivity index is 1.48. The molecular weight excluding hydrogens is 486 g/mol. The largest absolute Gasteiger partial charge is 0.481 e. The molecule has 0 saturated heterocycles.